The molecule has 1 aliphatic heterocycles. The van der Waals surface area contributed by atoms with Crippen molar-refractivity contribution < 1.29 is 19.4 Å². The summed E-state index contributed by atoms with van der Waals surface area (Å²) in [6, 6.07) is 6.32. The minimum absolute atomic E-state index is 0.0457. The maximum Gasteiger partial charge on any atom is 0.264 e. The third kappa shape index (κ3) is 3.12. The molecule has 6 nitrogen and oxygen atoms in total. The van der Waals surface area contributed by atoms with Crippen LogP contribution in [0.25, 0.3) is 0 Å². The number of carbonyl (C=O) groups is 1. The molecule has 106 valence electrons. The number of fused-ring (bicyclic) bond motifs is 1. The minimum Gasteiger partial charge on any atom is -0.508 e. The van der Waals surface area contributed by atoms with Crippen LogP contribution < -0.4 is 14.8 Å². The summed E-state index contributed by atoms with van der Waals surface area (Å²) in [4.78, 5) is 12.0. The number of phenols is 1. The summed E-state index contributed by atoms with van der Waals surface area (Å²) >= 11 is 0. The van der Waals surface area contributed by atoms with Crippen molar-refractivity contribution in [3.05, 3.63) is 18.2 Å². The number of nitrogens with one attached hydrogen (secondary N) is 1. The second-order valence-corrected chi connectivity index (χ2v) is 4.52. The van der Waals surface area contributed by atoms with Crippen molar-refractivity contribution in [2.45, 2.75) is 31.9 Å². The zero-order valence-electron chi connectivity index (χ0n) is 11.1. The molecule has 1 amide bonds. The van der Waals surface area contributed by atoms with Crippen LogP contribution in [0.1, 0.15) is 19.8 Å². The Morgan fingerprint density at radius 1 is 1.60 bits per heavy atom. The number of rotatable bonds is 4. The van der Waals surface area contributed by atoms with Gasteiger partial charge in [0.05, 0.1) is 12.5 Å². The average molecular weight is 276 g/mol. The van der Waals surface area contributed by atoms with Gasteiger partial charge in [0.2, 0.25) is 6.10 Å². The van der Waals surface area contributed by atoms with Gasteiger partial charge in [0.15, 0.2) is 11.5 Å². The highest BCUT2D eigenvalue weighted by atomic mass is 16.6. The molecule has 1 aromatic carbocycles. The van der Waals surface area contributed by atoms with Crippen molar-refractivity contribution in [2.75, 3.05) is 6.61 Å². The molecule has 1 heterocycles. The van der Waals surface area contributed by atoms with E-state index in [1.807, 2.05) is 13.0 Å². The first-order chi connectivity index (χ1) is 9.63. The number of nitrogens with zero attached hydrogens (tertiary/aromatic N) is 1. The molecule has 2 atom stereocenters. The van der Waals surface area contributed by atoms with Crippen LogP contribution >= 0.6 is 0 Å². The molecule has 0 spiro atoms. The number of benzene rings is 1. The van der Waals surface area contributed by atoms with E-state index in [-0.39, 0.29) is 30.7 Å². The summed E-state index contributed by atoms with van der Waals surface area (Å²) in [5.41, 5.74) is 0. The Hall–Kier alpha value is -2.42. The summed E-state index contributed by atoms with van der Waals surface area (Å²) < 4.78 is 10.9. The van der Waals surface area contributed by atoms with E-state index >= 15 is 0 Å². The van der Waals surface area contributed by atoms with Crippen molar-refractivity contribution in [1.82, 2.24) is 5.32 Å². The fraction of sp³-hybridized carbons (Fsp3) is 0.429. The lowest BCUT2D eigenvalue weighted by molar-refractivity contribution is -0.131. The predicted octanol–water partition coefficient (Wildman–Crippen LogP) is 1.34. The standard InChI is InChI=1S/C14H16N2O4/c1-2-9(5-6-15)16-14(18)13-8-19-11-4-3-10(17)7-12(11)20-13/h3-4,7,9,13,17H,2,5,8H2,1H3,(H,16,18)/t9-,13-/m1/s1. The van der Waals surface area contributed by atoms with E-state index in [1.165, 1.54) is 12.1 Å². The molecule has 0 radical (unpaired) electrons. The lowest BCUT2D eigenvalue weighted by Gasteiger charge is -2.27. The molecule has 2 rings (SSSR count). The fourth-order valence-corrected chi connectivity index (χ4v) is 1.89. The molecule has 0 unspecified atom stereocenters. The van der Waals surface area contributed by atoms with Crippen LogP contribution in [0, 0.1) is 11.3 Å². The van der Waals surface area contributed by atoms with Crippen molar-refractivity contribution in [1.29, 1.82) is 5.26 Å². The molecule has 0 saturated carbocycles. The van der Waals surface area contributed by atoms with Crippen molar-refractivity contribution in [3.63, 3.8) is 0 Å². The van der Waals surface area contributed by atoms with Gasteiger partial charge in [-0.2, -0.15) is 5.26 Å². The lowest BCUT2D eigenvalue weighted by Crippen LogP contribution is -2.47. The van der Waals surface area contributed by atoms with Gasteiger partial charge in [0, 0.05) is 12.1 Å². The number of amides is 1. The highest BCUT2D eigenvalue weighted by Crippen LogP contribution is 2.34. The smallest absolute Gasteiger partial charge is 0.264 e. The number of nitriles is 1. The first-order valence-electron chi connectivity index (χ1n) is 6.43. The highest BCUT2D eigenvalue weighted by molar-refractivity contribution is 5.82. The summed E-state index contributed by atoms with van der Waals surface area (Å²) in [5.74, 6) is 0.561. The number of hydrogen-bond donors (Lipinski definition) is 2. The monoisotopic (exact) mass is 276 g/mol. The Morgan fingerprint density at radius 2 is 2.40 bits per heavy atom. The molecule has 0 fully saturated rings. The van der Waals surface area contributed by atoms with Gasteiger partial charge >= 0.3 is 0 Å². The van der Waals surface area contributed by atoms with Crippen LogP contribution in [0.2, 0.25) is 0 Å². The second-order valence-electron chi connectivity index (χ2n) is 4.52. The van der Waals surface area contributed by atoms with E-state index in [1.54, 1.807) is 6.07 Å². The van der Waals surface area contributed by atoms with Crippen LogP contribution in [0.5, 0.6) is 17.2 Å². The zero-order chi connectivity index (χ0) is 14.5. The molecule has 6 heteroatoms. The van der Waals surface area contributed by atoms with Gasteiger partial charge in [0.25, 0.3) is 5.91 Å². The highest BCUT2D eigenvalue weighted by Gasteiger charge is 2.28. The zero-order valence-corrected chi connectivity index (χ0v) is 11.1. The van der Waals surface area contributed by atoms with Gasteiger partial charge in [-0.3, -0.25) is 4.79 Å². The van der Waals surface area contributed by atoms with Gasteiger partial charge in [-0.1, -0.05) is 6.92 Å². The number of aromatic hydroxyl groups is 1. The molecule has 0 bridgehead atoms. The van der Waals surface area contributed by atoms with Crippen LogP contribution in [0.4, 0.5) is 0 Å². The molecule has 0 aromatic heterocycles. The molecule has 20 heavy (non-hydrogen) atoms. The van der Waals surface area contributed by atoms with Crippen molar-refractivity contribution in [3.8, 4) is 23.3 Å². The first kappa shape index (κ1) is 14.0. The van der Waals surface area contributed by atoms with E-state index < -0.39 is 6.10 Å². The quantitative estimate of drug-likeness (QED) is 0.865. The van der Waals surface area contributed by atoms with Crippen molar-refractivity contribution >= 4 is 5.91 Å². The molecule has 1 aromatic rings. The van der Waals surface area contributed by atoms with Crippen LogP contribution in [0.15, 0.2) is 18.2 Å². The number of carbonyl (C=O) groups excluding carboxylic acids is 1. The number of hydrogen-bond acceptors (Lipinski definition) is 5. The van der Waals surface area contributed by atoms with Crippen molar-refractivity contribution in [2.24, 2.45) is 0 Å². The molecule has 1 aliphatic rings. The average Bonchev–Trinajstić information content (AvgIpc) is 2.45. The Morgan fingerprint density at radius 3 is 3.10 bits per heavy atom. The van der Waals surface area contributed by atoms with Gasteiger partial charge < -0.3 is 19.9 Å². The summed E-state index contributed by atoms with van der Waals surface area (Å²) in [7, 11) is 0. The normalized spacial score (nSPS) is 17.9. The van der Waals surface area contributed by atoms with Crippen LogP contribution in [0.3, 0.4) is 0 Å². The molecular formula is C14H16N2O4. The Kier molecular flexibility index (Phi) is 4.31. The van der Waals surface area contributed by atoms with E-state index in [2.05, 4.69) is 5.32 Å². The Bertz CT molecular complexity index is 538. The first-order valence-corrected chi connectivity index (χ1v) is 6.43. The molecule has 0 aliphatic carbocycles. The predicted molar refractivity (Wildman–Crippen MR) is 70.5 cm³/mol. The van der Waals surface area contributed by atoms with Gasteiger partial charge in [-0.15, -0.1) is 0 Å². The fourth-order valence-electron chi connectivity index (χ4n) is 1.89. The number of ether oxygens (including phenoxy) is 2. The van der Waals surface area contributed by atoms with E-state index in [4.69, 9.17) is 14.7 Å². The van der Waals surface area contributed by atoms with E-state index in [0.29, 0.717) is 17.9 Å². The van der Waals surface area contributed by atoms with E-state index in [9.17, 15) is 9.90 Å². The van der Waals surface area contributed by atoms with E-state index in [0.717, 1.165) is 0 Å². The molecular weight excluding hydrogens is 260 g/mol. The maximum absolute atomic E-state index is 12.0. The largest absolute Gasteiger partial charge is 0.508 e. The summed E-state index contributed by atoms with van der Waals surface area (Å²) in [6.45, 7) is 2.00. The lowest BCUT2D eigenvalue weighted by atomic mass is 10.1. The summed E-state index contributed by atoms with van der Waals surface area (Å²) in [6.07, 6.45) is 0.148. The third-order valence-corrected chi connectivity index (χ3v) is 3.06. The van der Waals surface area contributed by atoms with Crippen LogP contribution in [-0.4, -0.2) is 29.8 Å². The van der Waals surface area contributed by atoms with Crippen LogP contribution in [-0.2, 0) is 4.79 Å². The SMILES string of the molecule is CC[C@H](CC#N)NC(=O)[C@H]1COc2ccc(O)cc2O1. The number of phenolic OH excluding ortho intramolecular Hbond substituents is 1. The van der Waals surface area contributed by atoms with Gasteiger partial charge in [-0.25, -0.2) is 0 Å². The molecule has 0 saturated heterocycles. The Labute approximate surface area is 116 Å². The minimum atomic E-state index is -0.781. The van der Waals surface area contributed by atoms with Gasteiger partial charge in [-0.05, 0) is 18.6 Å². The summed E-state index contributed by atoms with van der Waals surface area (Å²) in [5, 5.41) is 20.8. The second kappa shape index (κ2) is 6.15. The topological polar surface area (TPSA) is 91.6 Å². The maximum atomic E-state index is 12.0. The third-order valence-electron chi connectivity index (χ3n) is 3.06. The van der Waals surface area contributed by atoms with Gasteiger partial charge in [0.1, 0.15) is 12.4 Å². The Balaban J connectivity index is 2.01. The molecule has 2 N–H and O–H groups in total.